The molecule has 0 aliphatic rings. The topological polar surface area (TPSA) is 48.5 Å². The van der Waals surface area contributed by atoms with Crippen LogP contribution in [0.3, 0.4) is 0 Å². The number of ether oxygens (including phenoxy) is 1. The number of aryl methyl sites for hydroxylation is 1. The summed E-state index contributed by atoms with van der Waals surface area (Å²) >= 11 is 6.11. The maximum absolute atomic E-state index is 14.4. The lowest BCUT2D eigenvalue weighted by Crippen LogP contribution is -2.24. The first-order valence-electron chi connectivity index (χ1n) is 9.07. The third kappa shape index (κ3) is 2.98. The molecule has 0 aliphatic carbocycles. The highest BCUT2D eigenvalue weighted by Gasteiger charge is 2.24. The maximum Gasteiger partial charge on any atom is 0.278 e. The van der Waals surface area contributed by atoms with Gasteiger partial charge in [0.15, 0.2) is 23.2 Å². The Labute approximate surface area is 166 Å². The molecule has 150 valence electrons. The zero-order chi connectivity index (χ0) is 20.7. The van der Waals surface area contributed by atoms with Gasteiger partial charge in [-0.1, -0.05) is 25.4 Å². The quantitative estimate of drug-likeness (QED) is 0.566. The summed E-state index contributed by atoms with van der Waals surface area (Å²) < 4.78 is 36.2. The van der Waals surface area contributed by atoms with Crippen molar-refractivity contribution in [3.05, 3.63) is 50.4 Å². The van der Waals surface area contributed by atoms with Crippen LogP contribution in [0.1, 0.15) is 43.9 Å². The molecule has 0 fully saturated rings. The van der Waals surface area contributed by atoms with Gasteiger partial charge in [-0.15, -0.1) is 5.10 Å². The number of fused-ring (bicyclic) bond motifs is 1. The molecule has 1 aromatic carbocycles. The second-order valence-corrected chi connectivity index (χ2v) is 7.15. The van der Waals surface area contributed by atoms with Crippen LogP contribution in [0.15, 0.2) is 16.9 Å². The molecule has 2 aromatic heterocycles. The Balaban J connectivity index is 2.36. The second-order valence-electron chi connectivity index (χ2n) is 6.77. The molecule has 0 radical (unpaired) electrons. The molecule has 0 amide bonds. The van der Waals surface area contributed by atoms with Crippen molar-refractivity contribution in [3.63, 3.8) is 0 Å². The van der Waals surface area contributed by atoms with Gasteiger partial charge in [0, 0.05) is 18.3 Å². The molecule has 28 heavy (non-hydrogen) atoms. The van der Waals surface area contributed by atoms with Crippen LogP contribution in [0.5, 0.6) is 5.75 Å². The Kier molecular flexibility index (Phi) is 5.48. The van der Waals surface area contributed by atoms with Gasteiger partial charge in [0.1, 0.15) is 5.52 Å². The van der Waals surface area contributed by atoms with Crippen molar-refractivity contribution in [2.24, 2.45) is 7.05 Å². The number of aromatic nitrogens is 3. The summed E-state index contributed by atoms with van der Waals surface area (Å²) in [5, 5.41) is 4.14. The van der Waals surface area contributed by atoms with Crippen molar-refractivity contribution in [3.8, 4) is 17.1 Å². The lowest BCUT2D eigenvalue weighted by atomic mass is 9.95. The molecule has 2 heterocycles. The van der Waals surface area contributed by atoms with Crippen molar-refractivity contribution in [2.45, 2.75) is 39.5 Å². The van der Waals surface area contributed by atoms with Crippen LogP contribution in [-0.4, -0.2) is 21.3 Å². The predicted molar refractivity (Wildman–Crippen MR) is 105 cm³/mol. The Morgan fingerprint density at radius 3 is 2.46 bits per heavy atom. The van der Waals surface area contributed by atoms with E-state index in [0.717, 1.165) is 37.3 Å². The van der Waals surface area contributed by atoms with E-state index in [4.69, 9.17) is 16.3 Å². The van der Waals surface area contributed by atoms with Gasteiger partial charge in [-0.05, 0) is 43.4 Å². The molecule has 0 saturated carbocycles. The Morgan fingerprint density at radius 2 is 1.89 bits per heavy atom. The lowest BCUT2D eigenvalue weighted by molar-refractivity contribution is 0.360. The zero-order valence-electron chi connectivity index (χ0n) is 16.4. The molecule has 3 aromatic rings. The fourth-order valence-corrected chi connectivity index (χ4v) is 3.84. The van der Waals surface area contributed by atoms with E-state index in [-0.39, 0.29) is 27.9 Å². The molecule has 0 atom stereocenters. The Hall–Kier alpha value is -2.41. The van der Waals surface area contributed by atoms with Gasteiger partial charge < -0.3 is 4.74 Å². The van der Waals surface area contributed by atoms with Crippen molar-refractivity contribution in [2.75, 3.05) is 7.11 Å². The van der Waals surface area contributed by atoms with Gasteiger partial charge in [-0.25, -0.2) is 13.3 Å². The SMILES string of the molecule is CCC(CC)c1cc(C)n2nc(-c3cc(F)c(OC)c(F)c3Cl)n(C)c(=O)c12. The van der Waals surface area contributed by atoms with E-state index >= 15 is 0 Å². The minimum Gasteiger partial charge on any atom is -0.491 e. The molecule has 0 unspecified atom stereocenters. The average molecular weight is 410 g/mol. The molecule has 3 rings (SSSR count). The lowest BCUT2D eigenvalue weighted by Gasteiger charge is -2.15. The fraction of sp³-hybridized carbons (Fsp3) is 0.400. The van der Waals surface area contributed by atoms with E-state index in [2.05, 4.69) is 18.9 Å². The number of hydrogen-bond donors (Lipinski definition) is 0. The minimum atomic E-state index is -1.03. The molecule has 5 nitrogen and oxygen atoms in total. The number of nitrogens with zero attached hydrogens (tertiary/aromatic N) is 3. The second kappa shape index (κ2) is 7.54. The minimum absolute atomic E-state index is 0.0175. The van der Waals surface area contributed by atoms with Crippen LogP contribution < -0.4 is 10.3 Å². The van der Waals surface area contributed by atoms with Crippen LogP contribution >= 0.6 is 11.6 Å². The van der Waals surface area contributed by atoms with Crippen molar-refractivity contribution >= 4 is 17.1 Å². The molecule has 0 bridgehead atoms. The molecule has 0 spiro atoms. The van der Waals surface area contributed by atoms with E-state index in [9.17, 15) is 13.6 Å². The number of rotatable bonds is 5. The van der Waals surface area contributed by atoms with E-state index in [0.29, 0.717) is 5.52 Å². The predicted octanol–water partition coefficient (Wildman–Crippen LogP) is 4.85. The summed E-state index contributed by atoms with van der Waals surface area (Å²) in [6, 6.07) is 2.97. The van der Waals surface area contributed by atoms with Crippen molar-refractivity contribution < 1.29 is 13.5 Å². The van der Waals surface area contributed by atoms with Crippen molar-refractivity contribution in [1.82, 2.24) is 14.2 Å². The Bertz CT molecular complexity index is 1120. The summed E-state index contributed by atoms with van der Waals surface area (Å²) in [7, 11) is 2.67. The highest BCUT2D eigenvalue weighted by Crippen LogP contribution is 2.36. The number of benzene rings is 1. The summed E-state index contributed by atoms with van der Waals surface area (Å²) in [4.78, 5) is 13.1. The Morgan fingerprint density at radius 1 is 1.25 bits per heavy atom. The van der Waals surface area contributed by atoms with E-state index < -0.39 is 17.4 Å². The van der Waals surface area contributed by atoms with Crippen LogP contribution in [0, 0.1) is 18.6 Å². The monoisotopic (exact) mass is 409 g/mol. The molecule has 8 heteroatoms. The summed E-state index contributed by atoms with van der Waals surface area (Å²) in [6.07, 6.45) is 1.78. The van der Waals surface area contributed by atoms with Crippen LogP contribution in [0.4, 0.5) is 8.78 Å². The van der Waals surface area contributed by atoms with Crippen LogP contribution in [0.2, 0.25) is 5.02 Å². The van der Waals surface area contributed by atoms with Gasteiger partial charge >= 0.3 is 0 Å². The first kappa shape index (κ1) is 20.3. The molecular weight excluding hydrogens is 388 g/mol. The molecule has 0 aliphatic heterocycles. The highest BCUT2D eigenvalue weighted by atomic mass is 35.5. The van der Waals surface area contributed by atoms with Gasteiger partial charge in [-0.3, -0.25) is 9.36 Å². The number of halogens is 3. The van der Waals surface area contributed by atoms with Gasteiger partial charge in [0.2, 0.25) is 0 Å². The van der Waals surface area contributed by atoms with Crippen molar-refractivity contribution in [1.29, 1.82) is 0 Å². The van der Waals surface area contributed by atoms with E-state index in [1.165, 1.54) is 16.1 Å². The standard InChI is InChI=1S/C20H22ClF2N3O2/c1-6-11(7-2)12-8-10(3)26-17(12)20(27)25(4)19(24-26)13-9-14(22)18(28-5)16(23)15(13)21/h8-9,11H,6-7H2,1-5H3. The van der Waals surface area contributed by atoms with E-state index in [1.807, 2.05) is 13.0 Å². The van der Waals surface area contributed by atoms with E-state index in [1.54, 1.807) is 0 Å². The summed E-state index contributed by atoms with van der Waals surface area (Å²) in [5.41, 5.74) is 1.86. The average Bonchev–Trinajstić information content (AvgIpc) is 2.99. The van der Waals surface area contributed by atoms with Gasteiger partial charge in [-0.2, -0.15) is 0 Å². The zero-order valence-corrected chi connectivity index (χ0v) is 17.2. The molecule has 0 N–H and O–H groups in total. The number of methoxy groups -OCH3 is 1. The highest BCUT2D eigenvalue weighted by molar-refractivity contribution is 6.33. The first-order chi connectivity index (χ1) is 13.3. The molecule has 0 saturated heterocycles. The van der Waals surface area contributed by atoms with Crippen LogP contribution in [0.25, 0.3) is 16.9 Å². The third-order valence-electron chi connectivity index (χ3n) is 5.19. The summed E-state index contributed by atoms with van der Waals surface area (Å²) in [5.74, 6) is -2.24. The molecular formula is C20H22ClF2N3O2. The maximum atomic E-state index is 14.4. The van der Waals surface area contributed by atoms with Gasteiger partial charge in [0.25, 0.3) is 5.56 Å². The first-order valence-corrected chi connectivity index (χ1v) is 9.45. The smallest absolute Gasteiger partial charge is 0.278 e. The normalized spacial score (nSPS) is 11.6. The fourth-order valence-electron chi connectivity index (χ4n) is 3.62. The number of hydrogen-bond acceptors (Lipinski definition) is 3. The summed E-state index contributed by atoms with van der Waals surface area (Å²) in [6.45, 7) is 5.98. The van der Waals surface area contributed by atoms with Crippen LogP contribution in [-0.2, 0) is 7.05 Å². The third-order valence-corrected chi connectivity index (χ3v) is 5.56. The van der Waals surface area contributed by atoms with Gasteiger partial charge in [0.05, 0.1) is 12.1 Å². The largest absolute Gasteiger partial charge is 0.491 e.